The fourth-order valence-corrected chi connectivity index (χ4v) is 3.38. The first-order valence-corrected chi connectivity index (χ1v) is 12.8. The molecule has 12 nitrogen and oxygen atoms in total. The summed E-state index contributed by atoms with van der Waals surface area (Å²) in [5.41, 5.74) is 6.66. The number of hydrogen-bond acceptors (Lipinski definition) is 6. The highest BCUT2D eigenvalue weighted by Crippen LogP contribution is 2.11. The number of carboxylic acid groups (broad SMARTS) is 1. The van der Waals surface area contributed by atoms with Gasteiger partial charge in [-0.25, -0.2) is 4.79 Å². The van der Waals surface area contributed by atoms with E-state index in [1.165, 1.54) is 7.05 Å². The predicted molar refractivity (Wildman–Crippen MR) is 146 cm³/mol. The molecule has 0 heterocycles. The lowest BCUT2D eigenvalue weighted by atomic mass is 10.0. The minimum absolute atomic E-state index is 0.0541. The molecule has 38 heavy (non-hydrogen) atoms. The smallest absolute Gasteiger partial charge is 0.312 e. The summed E-state index contributed by atoms with van der Waals surface area (Å²) in [6.45, 7) is 9.63. The van der Waals surface area contributed by atoms with Crippen molar-refractivity contribution in [3.8, 4) is 0 Å². The molecular weight excluding hydrogens is 492 g/mol. The van der Waals surface area contributed by atoms with E-state index in [4.69, 9.17) is 10.8 Å². The van der Waals surface area contributed by atoms with Crippen molar-refractivity contribution in [1.82, 2.24) is 21.3 Å². The van der Waals surface area contributed by atoms with E-state index in [0.29, 0.717) is 12.1 Å². The SMILES string of the molecule is CC.CNC(CCC(=O)O)C(=O)NC(C(=O)NC(CCCNC(N)=O)C(=O)Nc1ccc(C)cc1)C(C)C. The Morgan fingerprint density at radius 1 is 0.895 bits per heavy atom. The second kappa shape index (κ2) is 18.6. The minimum Gasteiger partial charge on any atom is -0.481 e. The molecular formula is C26H44N6O6. The number of carbonyl (C=O) groups excluding carboxylic acids is 4. The zero-order valence-corrected chi connectivity index (χ0v) is 23.2. The van der Waals surface area contributed by atoms with Crippen LogP contribution in [0.2, 0.25) is 0 Å². The molecule has 0 radical (unpaired) electrons. The van der Waals surface area contributed by atoms with Crippen LogP contribution < -0.4 is 32.3 Å². The Kier molecular flexibility index (Phi) is 16.8. The summed E-state index contributed by atoms with van der Waals surface area (Å²) in [6, 6.07) is 3.77. The van der Waals surface area contributed by atoms with Crippen molar-refractivity contribution in [2.45, 2.75) is 78.4 Å². The van der Waals surface area contributed by atoms with E-state index in [0.717, 1.165) is 5.56 Å². The Labute approximate surface area is 224 Å². The van der Waals surface area contributed by atoms with E-state index in [9.17, 15) is 24.0 Å². The van der Waals surface area contributed by atoms with Crippen molar-refractivity contribution in [2.24, 2.45) is 11.7 Å². The number of rotatable bonds is 15. The molecule has 1 aromatic carbocycles. The molecule has 0 aromatic heterocycles. The molecule has 0 aliphatic carbocycles. The summed E-state index contributed by atoms with van der Waals surface area (Å²) in [6.07, 6.45) is 0.418. The molecule has 0 fully saturated rings. The van der Waals surface area contributed by atoms with E-state index in [-0.39, 0.29) is 31.7 Å². The monoisotopic (exact) mass is 536 g/mol. The lowest BCUT2D eigenvalue weighted by Crippen LogP contribution is -2.57. The van der Waals surface area contributed by atoms with Crippen molar-refractivity contribution in [2.75, 3.05) is 18.9 Å². The summed E-state index contributed by atoms with van der Waals surface area (Å²) in [4.78, 5) is 60.6. The van der Waals surface area contributed by atoms with E-state index in [1.54, 1.807) is 26.0 Å². The van der Waals surface area contributed by atoms with Crippen molar-refractivity contribution in [3.05, 3.63) is 29.8 Å². The third-order valence-electron chi connectivity index (χ3n) is 5.48. The molecule has 1 rings (SSSR count). The first kappa shape index (κ1) is 34.3. The van der Waals surface area contributed by atoms with Crippen LogP contribution in [0.25, 0.3) is 0 Å². The van der Waals surface area contributed by atoms with E-state index in [2.05, 4.69) is 26.6 Å². The molecule has 8 N–H and O–H groups in total. The quantitative estimate of drug-likeness (QED) is 0.165. The number of benzene rings is 1. The second-order valence-corrected chi connectivity index (χ2v) is 8.85. The van der Waals surface area contributed by atoms with Crippen LogP contribution in [-0.4, -0.2) is 66.5 Å². The third kappa shape index (κ3) is 13.6. The average Bonchev–Trinajstić information content (AvgIpc) is 2.86. The van der Waals surface area contributed by atoms with Gasteiger partial charge in [-0.05, 0) is 51.3 Å². The van der Waals surface area contributed by atoms with Crippen LogP contribution in [0.5, 0.6) is 0 Å². The Hall–Kier alpha value is -3.67. The number of amides is 5. The van der Waals surface area contributed by atoms with Gasteiger partial charge in [0.1, 0.15) is 12.1 Å². The Balaban J connectivity index is 0.00000667. The van der Waals surface area contributed by atoms with E-state index < -0.39 is 47.8 Å². The predicted octanol–water partition coefficient (Wildman–Crippen LogP) is 1.49. The Morgan fingerprint density at radius 2 is 1.50 bits per heavy atom. The molecule has 12 heteroatoms. The van der Waals surface area contributed by atoms with Crippen molar-refractivity contribution in [1.29, 1.82) is 0 Å². The van der Waals surface area contributed by atoms with Gasteiger partial charge in [0.2, 0.25) is 17.7 Å². The normalized spacial score (nSPS) is 12.7. The highest BCUT2D eigenvalue weighted by atomic mass is 16.4. The molecule has 3 atom stereocenters. The number of primary amides is 1. The standard InChI is InChI=1S/C24H38N6O6.C2H6/c1-14(2)20(30-21(33)17(26-4)11-12-19(31)32)23(35)29-18(6-5-13-27-24(25)36)22(34)28-16-9-7-15(3)8-10-16;1-2/h7-10,14,17-18,20,26H,5-6,11-13H2,1-4H3,(H,28,34)(H,29,35)(H,30,33)(H,31,32)(H3,25,27,36);1-2H3. The molecule has 214 valence electrons. The average molecular weight is 537 g/mol. The van der Waals surface area contributed by atoms with Crippen molar-refractivity contribution < 1.29 is 29.1 Å². The largest absolute Gasteiger partial charge is 0.481 e. The Morgan fingerprint density at radius 3 is 2.00 bits per heavy atom. The highest BCUT2D eigenvalue weighted by Gasteiger charge is 2.30. The summed E-state index contributed by atoms with van der Waals surface area (Å²) in [5, 5.41) is 22.2. The van der Waals surface area contributed by atoms with Gasteiger partial charge < -0.3 is 37.4 Å². The van der Waals surface area contributed by atoms with Gasteiger partial charge in [-0.1, -0.05) is 45.4 Å². The summed E-state index contributed by atoms with van der Waals surface area (Å²) in [7, 11) is 1.53. The number of anilines is 1. The van der Waals surface area contributed by atoms with Crippen molar-refractivity contribution in [3.63, 3.8) is 0 Å². The lowest BCUT2D eigenvalue weighted by Gasteiger charge is -2.27. The van der Waals surface area contributed by atoms with Gasteiger partial charge in [0.05, 0.1) is 6.04 Å². The summed E-state index contributed by atoms with van der Waals surface area (Å²) >= 11 is 0. The lowest BCUT2D eigenvalue weighted by molar-refractivity contribution is -0.137. The fraction of sp³-hybridized carbons (Fsp3) is 0.577. The Bertz CT molecular complexity index is 906. The molecule has 0 saturated carbocycles. The van der Waals surface area contributed by atoms with Gasteiger partial charge in [0.15, 0.2) is 0 Å². The number of aliphatic carboxylic acids is 1. The number of urea groups is 1. The maximum absolute atomic E-state index is 13.1. The summed E-state index contributed by atoms with van der Waals surface area (Å²) in [5.74, 6) is -2.87. The number of nitrogens with one attached hydrogen (secondary N) is 5. The van der Waals surface area contributed by atoms with Crippen LogP contribution in [0.1, 0.15) is 58.9 Å². The van der Waals surface area contributed by atoms with E-state index >= 15 is 0 Å². The van der Waals surface area contributed by atoms with Crippen molar-refractivity contribution >= 4 is 35.4 Å². The number of likely N-dealkylation sites (N-methyl/N-ethyl adjacent to an activating group) is 1. The van der Waals surface area contributed by atoms with Gasteiger partial charge in [-0.15, -0.1) is 0 Å². The number of hydrogen-bond donors (Lipinski definition) is 7. The number of nitrogens with two attached hydrogens (primary N) is 1. The molecule has 3 unspecified atom stereocenters. The third-order valence-corrected chi connectivity index (χ3v) is 5.48. The van der Waals surface area contributed by atoms with Crippen LogP contribution in [0.3, 0.4) is 0 Å². The molecule has 0 saturated heterocycles. The van der Waals surface area contributed by atoms with Gasteiger partial charge >= 0.3 is 12.0 Å². The van der Waals surface area contributed by atoms with Crippen LogP contribution >= 0.6 is 0 Å². The zero-order chi connectivity index (χ0) is 29.3. The van der Waals surface area contributed by atoms with Gasteiger partial charge in [0, 0.05) is 18.7 Å². The molecule has 0 bridgehead atoms. The van der Waals surface area contributed by atoms with Crippen LogP contribution in [0, 0.1) is 12.8 Å². The highest BCUT2D eigenvalue weighted by molar-refractivity contribution is 5.98. The second-order valence-electron chi connectivity index (χ2n) is 8.85. The fourth-order valence-electron chi connectivity index (χ4n) is 3.38. The summed E-state index contributed by atoms with van der Waals surface area (Å²) < 4.78 is 0. The first-order valence-electron chi connectivity index (χ1n) is 12.8. The van der Waals surface area contributed by atoms with Gasteiger partial charge in [0.25, 0.3) is 0 Å². The van der Waals surface area contributed by atoms with Crippen LogP contribution in [-0.2, 0) is 19.2 Å². The molecule has 0 aliphatic rings. The number of carbonyl (C=O) groups is 5. The molecule has 0 aliphatic heterocycles. The minimum atomic E-state index is -1.03. The molecule has 1 aromatic rings. The number of carboxylic acids is 1. The van der Waals surface area contributed by atoms with Gasteiger partial charge in [-0.2, -0.15) is 0 Å². The van der Waals surface area contributed by atoms with Crippen LogP contribution in [0.4, 0.5) is 10.5 Å². The zero-order valence-electron chi connectivity index (χ0n) is 23.2. The molecule has 0 spiro atoms. The maximum atomic E-state index is 13.1. The van der Waals surface area contributed by atoms with E-state index in [1.807, 2.05) is 32.9 Å². The maximum Gasteiger partial charge on any atom is 0.312 e. The number of aryl methyl sites for hydroxylation is 1. The first-order chi connectivity index (χ1) is 17.9. The molecule has 5 amide bonds. The van der Waals surface area contributed by atoms with Gasteiger partial charge in [-0.3, -0.25) is 19.2 Å². The topological polar surface area (TPSA) is 192 Å². The van der Waals surface area contributed by atoms with Crippen LogP contribution in [0.15, 0.2) is 24.3 Å².